The summed E-state index contributed by atoms with van der Waals surface area (Å²) in [7, 11) is -0.0592. The topological polar surface area (TPSA) is 20.3 Å². The van der Waals surface area contributed by atoms with Gasteiger partial charge in [0.05, 0.1) is 6.54 Å². The summed E-state index contributed by atoms with van der Waals surface area (Å²) in [5.74, 6) is -14.5. The lowest BCUT2D eigenvalue weighted by molar-refractivity contribution is -0.253. The third-order valence-corrected chi connectivity index (χ3v) is 2.34. The molecule has 2 nitrogen and oxygen atoms in total. The van der Waals surface area contributed by atoms with Crippen LogP contribution in [0.2, 0.25) is 0 Å². The SMILES string of the molecule is CN(CC(F)(F)C(F)C(F)(F)F)C(=O)C(F)(F)C(F)C(F)(F)F. The van der Waals surface area contributed by atoms with E-state index in [4.69, 9.17) is 0 Å². The summed E-state index contributed by atoms with van der Waals surface area (Å²) in [4.78, 5) is 9.88. The molecule has 0 aromatic heterocycles. The number of nitrogens with zero attached hydrogens (tertiary/aromatic N) is 1. The molecule has 2 unspecified atom stereocenters. The van der Waals surface area contributed by atoms with Gasteiger partial charge in [0, 0.05) is 7.05 Å². The summed E-state index contributed by atoms with van der Waals surface area (Å²) in [5.41, 5.74) is 0. The molecule has 1 amide bonds. The van der Waals surface area contributed by atoms with Crippen LogP contribution in [0.5, 0.6) is 0 Å². The summed E-state index contributed by atoms with van der Waals surface area (Å²) in [6.45, 7) is -2.65. The van der Waals surface area contributed by atoms with E-state index in [-0.39, 0.29) is 7.05 Å². The summed E-state index contributed by atoms with van der Waals surface area (Å²) >= 11 is 0. The predicted octanol–water partition coefficient (Wildman–Crippen LogP) is 3.52. The van der Waals surface area contributed by atoms with Gasteiger partial charge in [0.2, 0.25) is 0 Å². The highest BCUT2D eigenvalue weighted by Crippen LogP contribution is 2.38. The van der Waals surface area contributed by atoms with Crippen molar-refractivity contribution in [2.75, 3.05) is 13.6 Å². The van der Waals surface area contributed by atoms with Crippen molar-refractivity contribution >= 4 is 5.91 Å². The first-order valence-corrected chi connectivity index (χ1v) is 5.28. The number of hydrogen-bond acceptors (Lipinski definition) is 1. The molecule has 0 spiro atoms. The number of hydrogen-bond donors (Lipinski definition) is 0. The van der Waals surface area contributed by atoms with Crippen LogP contribution in [-0.2, 0) is 4.79 Å². The third kappa shape index (κ3) is 5.06. The molecule has 0 aliphatic carbocycles. The van der Waals surface area contributed by atoms with Crippen molar-refractivity contribution in [2.45, 2.75) is 36.5 Å². The van der Waals surface area contributed by atoms with Gasteiger partial charge in [-0.05, 0) is 0 Å². The molecule has 0 radical (unpaired) electrons. The highest BCUT2D eigenvalue weighted by Gasteiger charge is 2.63. The van der Waals surface area contributed by atoms with Gasteiger partial charge in [0.15, 0.2) is 0 Å². The van der Waals surface area contributed by atoms with Crippen LogP contribution in [0.25, 0.3) is 0 Å². The van der Waals surface area contributed by atoms with E-state index in [9.17, 15) is 57.5 Å². The molecule has 0 N–H and O–H groups in total. The molecule has 0 aromatic carbocycles. The largest absolute Gasteiger partial charge is 0.426 e. The van der Waals surface area contributed by atoms with Gasteiger partial charge >= 0.3 is 24.2 Å². The minimum absolute atomic E-state index is 0.0592. The molecule has 2 atom stereocenters. The summed E-state index contributed by atoms with van der Waals surface area (Å²) in [6.07, 6.45) is -22.3. The van der Waals surface area contributed by atoms with Crippen LogP contribution in [0.1, 0.15) is 0 Å². The number of alkyl halides is 12. The first-order valence-electron chi connectivity index (χ1n) is 5.28. The molecule has 0 saturated heterocycles. The molecular weight excluding hydrogens is 366 g/mol. The Balaban J connectivity index is 5.25. The van der Waals surface area contributed by atoms with Gasteiger partial charge in [0.25, 0.3) is 18.3 Å². The van der Waals surface area contributed by atoms with Crippen LogP contribution in [-0.4, -0.2) is 60.9 Å². The molecule has 0 bridgehead atoms. The lowest BCUT2D eigenvalue weighted by atomic mass is 10.1. The normalized spacial score (nSPS) is 16.9. The van der Waals surface area contributed by atoms with Crippen molar-refractivity contribution in [3.8, 4) is 0 Å². The van der Waals surface area contributed by atoms with Gasteiger partial charge in [-0.1, -0.05) is 0 Å². The first-order chi connectivity index (χ1) is 9.85. The Morgan fingerprint density at radius 1 is 0.826 bits per heavy atom. The Kier molecular flexibility index (Phi) is 5.89. The molecule has 0 fully saturated rings. The van der Waals surface area contributed by atoms with Gasteiger partial charge in [-0.25, -0.2) is 17.6 Å². The van der Waals surface area contributed by atoms with Crippen LogP contribution in [0, 0.1) is 0 Å². The average molecular weight is 373 g/mol. The van der Waals surface area contributed by atoms with E-state index in [0.29, 0.717) is 0 Å². The van der Waals surface area contributed by atoms with E-state index in [1.165, 1.54) is 0 Å². The van der Waals surface area contributed by atoms with E-state index >= 15 is 0 Å². The highest BCUT2D eigenvalue weighted by atomic mass is 19.4. The van der Waals surface area contributed by atoms with Crippen molar-refractivity contribution in [1.82, 2.24) is 4.90 Å². The fourth-order valence-corrected chi connectivity index (χ4v) is 1.28. The van der Waals surface area contributed by atoms with Crippen molar-refractivity contribution in [1.29, 1.82) is 0 Å². The Labute approximate surface area is 120 Å². The second-order valence-corrected chi connectivity index (χ2v) is 4.35. The van der Waals surface area contributed by atoms with Gasteiger partial charge in [0.1, 0.15) is 0 Å². The molecule has 23 heavy (non-hydrogen) atoms. The van der Waals surface area contributed by atoms with E-state index in [1.54, 1.807) is 0 Å². The second-order valence-electron chi connectivity index (χ2n) is 4.35. The predicted molar refractivity (Wildman–Crippen MR) is 49.4 cm³/mol. The van der Waals surface area contributed by atoms with E-state index in [1.807, 2.05) is 0 Å². The van der Waals surface area contributed by atoms with Crippen LogP contribution in [0.15, 0.2) is 0 Å². The molecule has 0 aliphatic rings. The number of rotatable bonds is 5. The molecule has 0 aliphatic heterocycles. The summed E-state index contributed by atoms with van der Waals surface area (Å²) < 4.78 is 147. The van der Waals surface area contributed by atoms with Gasteiger partial charge in [-0.2, -0.15) is 35.1 Å². The van der Waals surface area contributed by atoms with Gasteiger partial charge in [-0.3, -0.25) is 4.79 Å². The molecule has 0 rings (SSSR count). The van der Waals surface area contributed by atoms with Crippen molar-refractivity contribution in [2.24, 2.45) is 0 Å². The maximum atomic E-state index is 12.9. The highest BCUT2D eigenvalue weighted by molar-refractivity contribution is 5.84. The summed E-state index contributed by atoms with van der Waals surface area (Å²) in [5, 5.41) is 0. The van der Waals surface area contributed by atoms with E-state index < -0.39 is 53.9 Å². The van der Waals surface area contributed by atoms with Crippen molar-refractivity contribution < 1.29 is 57.5 Å². The maximum absolute atomic E-state index is 12.9. The zero-order valence-corrected chi connectivity index (χ0v) is 10.8. The molecule has 138 valence electrons. The Bertz CT molecular complexity index is 427. The van der Waals surface area contributed by atoms with E-state index in [2.05, 4.69) is 0 Å². The Morgan fingerprint density at radius 2 is 1.17 bits per heavy atom. The minimum atomic E-state index is -6.24. The van der Waals surface area contributed by atoms with Crippen LogP contribution < -0.4 is 0 Å². The maximum Gasteiger partial charge on any atom is 0.426 e. The van der Waals surface area contributed by atoms with Crippen LogP contribution in [0.4, 0.5) is 52.7 Å². The average Bonchev–Trinajstić information content (AvgIpc) is 2.32. The van der Waals surface area contributed by atoms with Crippen molar-refractivity contribution in [3.05, 3.63) is 0 Å². The number of halogens is 12. The fourth-order valence-electron chi connectivity index (χ4n) is 1.28. The Morgan fingerprint density at radius 3 is 1.48 bits per heavy atom. The second kappa shape index (κ2) is 6.26. The number of amides is 1. The third-order valence-electron chi connectivity index (χ3n) is 2.34. The molecule has 14 heteroatoms. The Hall–Kier alpha value is -1.37. The zero-order chi connectivity index (χ0) is 19.0. The van der Waals surface area contributed by atoms with Crippen LogP contribution >= 0.6 is 0 Å². The fraction of sp³-hybridized carbons (Fsp3) is 0.889. The number of carbonyl (C=O) groups excluding carboxylic acids is 1. The minimum Gasteiger partial charge on any atom is -0.334 e. The smallest absolute Gasteiger partial charge is 0.334 e. The van der Waals surface area contributed by atoms with Crippen molar-refractivity contribution in [3.63, 3.8) is 0 Å². The van der Waals surface area contributed by atoms with Crippen LogP contribution in [0.3, 0.4) is 0 Å². The lowest BCUT2D eigenvalue weighted by Crippen LogP contribution is -2.56. The zero-order valence-electron chi connectivity index (χ0n) is 10.8. The molecule has 0 heterocycles. The molecule has 0 aromatic rings. The van der Waals surface area contributed by atoms with Gasteiger partial charge in [-0.15, -0.1) is 0 Å². The standard InChI is InChI=1S/C9H7F12NO/c1-22(2-6(12,13)3(10)8(16,17)18)5(23)7(14,15)4(11)9(19,20)21/h3-4H,2H2,1H3. The monoisotopic (exact) mass is 373 g/mol. The lowest BCUT2D eigenvalue weighted by Gasteiger charge is -2.30. The summed E-state index contributed by atoms with van der Waals surface area (Å²) in [6, 6.07) is 0. The van der Waals surface area contributed by atoms with Gasteiger partial charge < -0.3 is 4.90 Å². The molecular formula is C9H7F12NO. The number of carbonyl (C=O) groups is 1. The first kappa shape index (κ1) is 21.6. The van der Waals surface area contributed by atoms with E-state index in [0.717, 1.165) is 0 Å². The quantitative estimate of drug-likeness (QED) is 0.676. The molecule has 0 saturated carbocycles.